The molecule has 0 spiro atoms. The van der Waals surface area contributed by atoms with Crippen LogP contribution in [0.3, 0.4) is 0 Å². The molecule has 0 saturated carbocycles. The number of rotatable bonds is 30. The zero-order valence-electron chi connectivity index (χ0n) is 37.1. The van der Waals surface area contributed by atoms with Crippen LogP contribution < -0.4 is 11.5 Å². The highest BCUT2D eigenvalue weighted by Crippen LogP contribution is 2.35. The van der Waals surface area contributed by atoms with Crippen LogP contribution in [0.2, 0.25) is 0 Å². The molecule has 0 aliphatic rings. The van der Waals surface area contributed by atoms with Gasteiger partial charge in [0.25, 0.3) is 0 Å². The summed E-state index contributed by atoms with van der Waals surface area (Å²) < 4.78 is 0. The Labute approximate surface area is 351 Å². The van der Waals surface area contributed by atoms with Crippen molar-refractivity contribution in [3.63, 3.8) is 0 Å². The third kappa shape index (κ3) is 17.1. The first-order valence-corrected chi connectivity index (χ1v) is 23.8. The molecule has 57 heavy (non-hydrogen) atoms. The van der Waals surface area contributed by atoms with Gasteiger partial charge in [-0.15, -0.1) is 0 Å². The lowest BCUT2D eigenvalue weighted by Gasteiger charge is -2.21. The van der Waals surface area contributed by atoms with Gasteiger partial charge in [0, 0.05) is 23.2 Å². The number of unbranched alkanes of at least 4 members (excludes halogenated alkanes) is 18. The van der Waals surface area contributed by atoms with Crippen LogP contribution in [0.25, 0.3) is 0 Å². The van der Waals surface area contributed by atoms with Crippen molar-refractivity contribution in [2.24, 2.45) is 0 Å². The maximum Gasteiger partial charge on any atom is 0.0316 e. The highest BCUT2D eigenvalue weighted by molar-refractivity contribution is 5.49. The van der Waals surface area contributed by atoms with E-state index in [0.29, 0.717) is 11.8 Å². The molecule has 0 saturated heterocycles. The molecule has 0 aliphatic carbocycles. The van der Waals surface area contributed by atoms with Crippen molar-refractivity contribution in [1.82, 2.24) is 0 Å². The topological polar surface area (TPSA) is 52.0 Å². The van der Waals surface area contributed by atoms with Crippen molar-refractivity contribution in [2.45, 2.75) is 200 Å². The second-order valence-electron chi connectivity index (χ2n) is 17.6. The first kappa shape index (κ1) is 46.2. The average Bonchev–Trinajstić information content (AvgIpc) is 3.21. The summed E-state index contributed by atoms with van der Waals surface area (Å²) in [5.74, 6) is 0.858. The Morgan fingerprint density at radius 3 is 1.00 bits per heavy atom. The van der Waals surface area contributed by atoms with Gasteiger partial charge in [-0.05, 0) is 115 Å². The first-order chi connectivity index (χ1) is 27.9. The van der Waals surface area contributed by atoms with Gasteiger partial charge in [0.05, 0.1) is 0 Å². The number of nitrogens with two attached hydrogens (primary N) is 2. The molecule has 0 radical (unpaired) electrons. The fraction of sp³-hybridized carbons (Fsp3) is 0.564. The molecule has 0 fully saturated rings. The van der Waals surface area contributed by atoms with Crippen molar-refractivity contribution in [1.29, 1.82) is 0 Å². The lowest BCUT2D eigenvalue weighted by molar-refractivity contribution is 0.540. The van der Waals surface area contributed by atoms with E-state index >= 15 is 0 Å². The van der Waals surface area contributed by atoms with E-state index in [-0.39, 0.29) is 0 Å². The molecule has 4 aromatic carbocycles. The third-order valence-corrected chi connectivity index (χ3v) is 12.7. The number of hydrogen-bond donors (Lipinski definition) is 2. The fourth-order valence-electron chi connectivity index (χ4n) is 9.18. The monoisotopic (exact) mass is 771 g/mol. The molecule has 4 rings (SSSR count). The summed E-state index contributed by atoms with van der Waals surface area (Å²) in [6.45, 7) is 9.06. The number of anilines is 2. The largest absolute Gasteiger partial charge is 0.399 e. The summed E-state index contributed by atoms with van der Waals surface area (Å²) in [6.07, 6.45) is 33.3. The van der Waals surface area contributed by atoms with Crippen LogP contribution in [-0.2, 0) is 12.8 Å². The lowest BCUT2D eigenvalue weighted by Crippen LogP contribution is -2.05. The Kier molecular flexibility index (Phi) is 22.1. The van der Waals surface area contributed by atoms with Crippen LogP contribution in [0.5, 0.6) is 0 Å². The maximum atomic E-state index is 6.18. The van der Waals surface area contributed by atoms with E-state index in [2.05, 4.69) is 113 Å². The lowest BCUT2D eigenvalue weighted by atomic mass is 9.83. The van der Waals surface area contributed by atoms with Crippen LogP contribution in [0.15, 0.2) is 84.9 Å². The second kappa shape index (κ2) is 27.2. The molecule has 4 N–H and O–H groups in total. The molecule has 0 amide bonds. The van der Waals surface area contributed by atoms with Crippen LogP contribution in [0.1, 0.15) is 218 Å². The van der Waals surface area contributed by atoms with Crippen LogP contribution in [0, 0.1) is 13.8 Å². The van der Waals surface area contributed by atoms with Crippen LogP contribution >= 0.6 is 0 Å². The molecule has 0 heterocycles. The molecule has 4 aromatic rings. The molecule has 2 unspecified atom stereocenters. The highest BCUT2D eigenvalue weighted by atomic mass is 14.5. The van der Waals surface area contributed by atoms with Gasteiger partial charge in [0.2, 0.25) is 0 Å². The summed E-state index contributed by atoms with van der Waals surface area (Å²) >= 11 is 0. The SMILES string of the molecule is CCCCCCCCCCCCC(c1ccc(CCCc2ccc(C(CCCCCCCCCCCC)c3ccc(N)cc3C)cc2)cc1)c1ccc(N)cc1C. The molecule has 2 atom stereocenters. The quantitative estimate of drug-likeness (QED) is 0.0410. The van der Waals surface area contributed by atoms with Gasteiger partial charge in [-0.25, -0.2) is 0 Å². The molecule has 0 aliphatic heterocycles. The van der Waals surface area contributed by atoms with Crippen LogP contribution in [0.4, 0.5) is 11.4 Å². The minimum Gasteiger partial charge on any atom is -0.399 e. The predicted octanol–water partition coefficient (Wildman–Crippen LogP) is 16.5. The third-order valence-electron chi connectivity index (χ3n) is 12.7. The van der Waals surface area contributed by atoms with E-state index in [0.717, 1.165) is 30.6 Å². The minimum atomic E-state index is 0.429. The van der Waals surface area contributed by atoms with Gasteiger partial charge in [-0.3, -0.25) is 0 Å². The second-order valence-corrected chi connectivity index (χ2v) is 17.6. The van der Waals surface area contributed by atoms with Crippen molar-refractivity contribution in [3.05, 3.63) is 129 Å². The van der Waals surface area contributed by atoms with Crippen molar-refractivity contribution < 1.29 is 0 Å². The van der Waals surface area contributed by atoms with E-state index < -0.39 is 0 Å². The maximum absolute atomic E-state index is 6.18. The van der Waals surface area contributed by atoms with Gasteiger partial charge >= 0.3 is 0 Å². The summed E-state index contributed by atoms with van der Waals surface area (Å²) in [5, 5.41) is 0. The van der Waals surface area contributed by atoms with Gasteiger partial charge in [-0.1, -0.05) is 203 Å². The number of aryl methyl sites for hydroxylation is 4. The van der Waals surface area contributed by atoms with Gasteiger partial charge in [0.15, 0.2) is 0 Å². The summed E-state index contributed by atoms with van der Waals surface area (Å²) in [7, 11) is 0. The molecule has 2 nitrogen and oxygen atoms in total. The van der Waals surface area contributed by atoms with E-state index in [4.69, 9.17) is 11.5 Å². The Morgan fingerprint density at radius 1 is 0.368 bits per heavy atom. The Hall–Kier alpha value is -3.52. The Bertz CT molecular complexity index is 1510. The number of hydrogen-bond acceptors (Lipinski definition) is 2. The Morgan fingerprint density at radius 2 is 0.684 bits per heavy atom. The van der Waals surface area contributed by atoms with E-state index in [9.17, 15) is 0 Å². The summed E-state index contributed by atoms with van der Waals surface area (Å²) in [5.41, 5.74) is 25.4. The molecular formula is C55H82N2. The standard InChI is InChI=1S/C55H82N2/c1-5-7-9-11-13-15-17-19-21-23-28-54(52-40-38-50(56)42-44(52)3)48-34-30-46(31-35-48)26-25-27-47-32-36-49(37-33-47)55(53-41-39-51(57)43-45(53)4)29-24-22-20-18-16-14-12-10-8-6-2/h30-43,54-55H,5-29,56-57H2,1-4H3. The minimum absolute atomic E-state index is 0.429. The molecule has 2 heteroatoms. The smallest absolute Gasteiger partial charge is 0.0316 e. The highest BCUT2D eigenvalue weighted by Gasteiger charge is 2.18. The van der Waals surface area contributed by atoms with Gasteiger partial charge in [-0.2, -0.15) is 0 Å². The van der Waals surface area contributed by atoms with Gasteiger partial charge in [0.1, 0.15) is 0 Å². The summed E-state index contributed by atoms with van der Waals surface area (Å²) in [4.78, 5) is 0. The predicted molar refractivity (Wildman–Crippen MR) is 253 cm³/mol. The van der Waals surface area contributed by atoms with Gasteiger partial charge < -0.3 is 11.5 Å². The van der Waals surface area contributed by atoms with Crippen molar-refractivity contribution in [3.8, 4) is 0 Å². The fourth-order valence-corrected chi connectivity index (χ4v) is 9.18. The van der Waals surface area contributed by atoms with Crippen molar-refractivity contribution in [2.75, 3.05) is 11.5 Å². The number of nitrogen functional groups attached to an aromatic ring is 2. The summed E-state index contributed by atoms with van der Waals surface area (Å²) in [6, 6.07) is 32.3. The molecule has 0 aromatic heterocycles. The first-order valence-electron chi connectivity index (χ1n) is 23.8. The van der Waals surface area contributed by atoms with E-state index in [1.54, 1.807) is 0 Å². The van der Waals surface area contributed by atoms with Crippen molar-refractivity contribution >= 4 is 11.4 Å². The molecular weight excluding hydrogens is 689 g/mol. The van der Waals surface area contributed by atoms with E-state index in [1.807, 2.05) is 0 Å². The Balaban J connectivity index is 1.28. The van der Waals surface area contributed by atoms with Crippen LogP contribution in [-0.4, -0.2) is 0 Å². The van der Waals surface area contributed by atoms with E-state index in [1.165, 1.54) is 186 Å². The number of benzene rings is 4. The normalized spacial score (nSPS) is 12.6. The molecule has 312 valence electrons. The zero-order chi connectivity index (χ0) is 40.5. The zero-order valence-corrected chi connectivity index (χ0v) is 37.1. The average molecular weight is 771 g/mol. The molecule has 0 bridgehead atoms.